The fraction of sp³-hybridized carbons (Fsp3) is 0.435. The van der Waals surface area contributed by atoms with Gasteiger partial charge in [0.05, 0.1) is 10.6 Å². The molecule has 1 saturated carbocycles. The van der Waals surface area contributed by atoms with Crippen molar-refractivity contribution in [3.63, 3.8) is 0 Å². The minimum Gasteiger partial charge on any atom is -0.482 e. The number of unbranched alkanes of at least 4 members (excludes halogenated alkanes) is 1. The quantitative estimate of drug-likeness (QED) is 0.280. The number of halogens is 7. The molecule has 1 aliphatic carbocycles. The standard InChI is InChI=1S/C23H21ClF6O3/c1-2-3-4-20(31)33-19-11-16(19)14-9-17(13-5-7-15(8-6-13)23(28,29)30)21(18(24)10-14)32-12-22(25,26)27/h5-10,16,19H,2-4,11-12H2,1H3. The van der Waals surface area contributed by atoms with Crippen molar-refractivity contribution in [3.8, 4) is 16.9 Å². The van der Waals surface area contributed by atoms with E-state index in [2.05, 4.69) is 0 Å². The monoisotopic (exact) mass is 494 g/mol. The van der Waals surface area contributed by atoms with Gasteiger partial charge in [0.25, 0.3) is 0 Å². The van der Waals surface area contributed by atoms with Gasteiger partial charge < -0.3 is 9.47 Å². The van der Waals surface area contributed by atoms with Crippen molar-refractivity contribution in [2.75, 3.05) is 6.61 Å². The first kappa shape index (κ1) is 25.2. The molecule has 2 aromatic carbocycles. The van der Waals surface area contributed by atoms with Crippen LogP contribution >= 0.6 is 11.6 Å². The molecular weight excluding hydrogens is 474 g/mol. The third kappa shape index (κ3) is 6.79. The summed E-state index contributed by atoms with van der Waals surface area (Å²) in [4.78, 5) is 11.9. The number of hydrogen-bond donors (Lipinski definition) is 0. The van der Waals surface area contributed by atoms with Crippen molar-refractivity contribution < 1.29 is 40.6 Å². The van der Waals surface area contributed by atoms with Crippen LogP contribution in [0.3, 0.4) is 0 Å². The molecule has 0 bridgehead atoms. The zero-order valence-corrected chi connectivity index (χ0v) is 18.3. The summed E-state index contributed by atoms with van der Waals surface area (Å²) in [7, 11) is 0. The van der Waals surface area contributed by atoms with Crippen LogP contribution in [-0.2, 0) is 15.7 Å². The molecule has 3 nitrogen and oxygen atoms in total. The molecule has 2 aromatic rings. The lowest BCUT2D eigenvalue weighted by Gasteiger charge is -2.17. The lowest BCUT2D eigenvalue weighted by atomic mass is 9.98. The second-order valence-corrected chi connectivity index (χ2v) is 8.24. The van der Waals surface area contributed by atoms with Gasteiger partial charge in [0, 0.05) is 17.9 Å². The van der Waals surface area contributed by atoms with Crippen LogP contribution in [0.25, 0.3) is 11.1 Å². The number of benzene rings is 2. The van der Waals surface area contributed by atoms with Gasteiger partial charge in [-0.25, -0.2) is 0 Å². The van der Waals surface area contributed by atoms with E-state index in [4.69, 9.17) is 21.1 Å². The fourth-order valence-electron chi connectivity index (χ4n) is 3.38. The number of rotatable bonds is 8. The van der Waals surface area contributed by atoms with E-state index in [0.717, 1.165) is 30.7 Å². The molecule has 10 heteroatoms. The Bertz CT molecular complexity index is 985. The van der Waals surface area contributed by atoms with E-state index in [9.17, 15) is 31.1 Å². The molecule has 33 heavy (non-hydrogen) atoms. The minimum atomic E-state index is -4.63. The van der Waals surface area contributed by atoms with Crippen LogP contribution < -0.4 is 4.74 Å². The topological polar surface area (TPSA) is 35.5 Å². The lowest BCUT2D eigenvalue weighted by Crippen LogP contribution is -2.19. The van der Waals surface area contributed by atoms with Crippen molar-refractivity contribution in [2.24, 2.45) is 0 Å². The maximum absolute atomic E-state index is 12.9. The highest BCUT2D eigenvalue weighted by atomic mass is 35.5. The van der Waals surface area contributed by atoms with Crippen LogP contribution in [0.4, 0.5) is 26.3 Å². The summed E-state index contributed by atoms with van der Waals surface area (Å²) >= 11 is 6.23. The number of alkyl halides is 6. The van der Waals surface area contributed by atoms with E-state index in [1.165, 1.54) is 12.1 Å². The van der Waals surface area contributed by atoms with Gasteiger partial charge in [-0.15, -0.1) is 0 Å². The van der Waals surface area contributed by atoms with Crippen molar-refractivity contribution in [1.82, 2.24) is 0 Å². The highest BCUT2D eigenvalue weighted by Crippen LogP contribution is 2.48. The highest BCUT2D eigenvalue weighted by Gasteiger charge is 2.42. The van der Waals surface area contributed by atoms with Gasteiger partial charge in [0.1, 0.15) is 11.9 Å². The van der Waals surface area contributed by atoms with Crippen LogP contribution in [0.5, 0.6) is 5.75 Å². The first-order valence-corrected chi connectivity index (χ1v) is 10.7. The average molecular weight is 495 g/mol. The molecule has 0 aliphatic heterocycles. The van der Waals surface area contributed by atoms with Crippen molar-refractivity contribution in [2.45, 2.75) is 57.0 Å². The first-order valence-electron chi connectivity index (χ1n) is 10.3. The van der Waals surface area contributed by atoms with Gasteiger partial charge in [-0.1, -0.05) is 37.1 Å². The summed E-state index contributed by atoms with van der Waals surface area (Å²) in [6, 6.07) is 6.91. The summed E-state index contributed by atoms with van der Waals surface area (Å²) < 4.78 is 87.2. The average Bonchev–Trinajstić information content (AvgIpc) is 3.48. The molecule has 0 heterocycles. The number of hydrogen-bond acceptors (Lipinski definition) is 3. The zero-order chi connectivity index (χ0) is 24.4. The maximum atomic E-state index is 12.9. The molecule has 2 atom stereocenters. The molecule has 3 rings (SSSR count). The van der Waals surface area contributed by atoms with Gasteiger partial charge in [0.15, 0.2) is 6.61 Å². The second-order valence-electron chi connectivity index (χ2n) is 7.83. The van der Waals surface area contributed by atoms with Gasteiger partial charge in [-0.3, -0.25) is 4.79 Å². The molecule has 1 fully saturated rings. The molecular formula is C23H21ClF6O3. The normalized spacial score (nSPS) is 18.2. The van der Waals surface area contributed by atoms with Gasteiger partial charge in [-0.2, -0.15) is 26.3 Å². The second kappa shape index (κ2) is 9.83. The highest BCUT2D eigenvalue weighted by molar-refractivity contribution is 6.32. The number of ether oxygens (including phenoxy) is 2. The molecule has 2 unspecified atom stereocenters. The summed E-state index contributed by atoms with van der Waals surface area (Å²) in [5, 5.41) is -0.116. The lowest BCUT2D eigenvalue weighted by molar-refractivity contribution is -0.153. The van der Waals surface area contributed by atoms with Gasteiger partial charge in [0.2, 0.25) is 0 Å². The van der Waals surface area contributed by atoms with E-state index in [-0.39, 0.29) is 39.9 Å². The van der Waals surface area contributed by atoms with E-state index in [0.29, 0.717) is 24.8 Å². The van der Waals surface area contributed by atoms with Crippen molar-refractivity contribution >= 4 is 17.6 Å². The Morgan fingerprint density at radius 2 is 1.76 bits per heavy atom. The molecule has 0 spiro atoms. The first-order chi connectivity index (χ1) is 15.4. The van der Waals surface area contributed by atoms with Gasteiger partial charge in [-0.05, 0) is 48.2 Å². The van der Waals surface area contributed by atoms with Crippen LogP contribution in [0.15, 0.2) is 36.4 Å². The largest absolute Gasteiger partial charge is 0.482 e. The third-order valence-electron chi connectivity index (χ3n) is 5.15. The molecule has 1 aliphatic rings. The Balaban J connectivity index is 1.90. The Morgan fingerprint density at radius 1 is 1.09 bits per heavy atom. The smallest absolute Gasteiger partial charge is 0.422 e. The van der Waals surface area contributed by atoms with Crippen LogP contribution in [0.2, 0.25) is 5.02 Å². The third-order valence-corrected chi connectivity index (χ3v) is 5.43. The number of esters is 1. The molecule has 0 saturated heterocycles. The van der Waals surface area contributed by atoms with E-state index < -0.39 is 24.5 Å². The van der Waals surface area contributed by atoms with Crippen LogP contribution in [0, 0.1) is 0 Å². The summed E-state index contributed by atoms with van der Waals surface area (Å²) in [5.41, 5.74) is 0.0366. The Hall–Kier alpha value is -2.42. The predicted octanol–water partition coefficient (Wildman–Crippen LogP) is 7.56. The minimum absolute atomic E-state index is 0.116. The molecule has 0 aromatic heterocycles. The summed E-state index contributed by atoms with van der Waals surface area (Å²) in [6.07, 6.45) is -7.22. The molecule has 180 valence electrons. The summed E-state index contributed by atoms with van der Waals surface area (Å²) in [6.45, 7) is 0.335. The van der Waals surface area contributed by atoms with Crippen molar-refractivity contribution in [1.29, 1.82) is 0 Å². The van der Waals surface area contributed by atoms with Gasteiger partial charge >= 0.3 is 18.3 Å². The number of carbonyl (C=O) groups is 1. The Morgan fingerprint density at radius 3 is 2.33 bits per heavy atom. The zero-order valence-electron chi connectivity index (χ0n) is 17.5. The SMILES string of the molecule is CCCCC(=O)OC1CC1c1cc(Cl)c(OCC(F)(F)F)c(-c2ccc(C(F)(F)F)cc2)c1. The van der Waals surface area contributed by atoms with E-state index in [1.54, 1.807) is 0 Å². The van der Waals surface area contributed by atoms with E-state index in [1.807, 2.05) is 6.92 Å². The molecule has 0 N–H and O–H groups in total. The van der Waals surface area contributed by atoms with Crippen LogP contribution in [0.1, 0.15) is 49.7 Å². The fourth-order valence-corrected chi connectivity index (χ4v) is 3.67. The maximum Gasteiger partial charge on any atom is 0.422 e. The predicted molar refractivity (Wildman–Crippen MR) is 110 cm³/mol. The summed E-state index contributed by atoms with van der Waals surface area (Å²) in [5.74, 6) is -0.823. The van der Waals surface area contributed by atoms with E-state index >= 15 is 0 Å². The molecule has 0 radical (unpaired) electrons. The Labute approximate surface area is 191 Å². The number of carbonyl (C=O) groups excluding carboxylic acids is 1. The van der Waals surface area contributed by atoms with Crippen molar-refractivity contribution in [3.05, 3.63) is 52.5 Å². The van der Waals surface area contributed by atoms with Crippen LogP contribution in [-0.4, -0.2) is 24.9 Å². The molecule has 0 amide bonds. The Kier molecular flexibility index (Phi) is 7.51.